The van der Waals surface area contributed by atoms with Gasteiger partial charge in [0, 0.05) is 25.1 Å². The molecule has 2 heterocycles. The highest BCUT2D eigenvalue weighted by atomic mass is 32.2. The molecule has 0 radical (unpaired) electrons. The summed E-state index contributed by atoms with van der Waals surface area (Å²) in [7, 11) is -3.33. The van der Waals surface area contributed by atoms with Crippen LogP contribution in [0, 0.1) is 0 Å². The lowest BCUT2D eigenvalue weighted by Gasteiger charge is -2.12. The number of ether oxygens (including phenoxy) is 1. The standard InChI is InChI=1S/C25H30N6O4S/c1-3-35-15-22-30-23-24(31(22)11-10-28-36(2,33)34)19-9-8-18(13-20(19)29-25(23)27)12-16-4-6-17(7-5-16)14-21(26)32/h4-9,13,28H,3,10-12,14-15H2,1-2H3,(H2,26,32)(H2,27,29). The smallest absolute Gasteiger partial charge is 0.221 e. The number of nitrogen functional groups attached to an aromatic ring is 1. The van der Waals surface area contributed by atoms with Gasteiger partial charge in [0.05, 0.1) is 23.7 Å². The summed E-state index contributed by atoms with van der Waals surface area (Å²) in [5, 5.41) is 0.870. The minimum atomic E-state index is -3.33. The number of aromatic nitrogens is 3. The van der Waals surface area contributed by atoms with Crippen LogP contribution < -0.4 is 16.2 Å². The lowest BCUT2D eigenvalue weighted by molar-refractivity contribution is -0.117. The number of imidazole rings is 1. The molecule has 1 amide bonds. The van der Waals surface area contributed by atoms with Gasteiger partial charge in [-0.2, -0.15) is 0 Å². The van der Waals surface area contributed by atoms with Gasteiger partial charge in [-0.15, -0.1) is 0 Å². The Morgan fingerprint density at radius 1 is 1.08 bits per heavy atom. The number of primary amides is 1. The normalized spacial score (nSPS) is 11.9. The molecule has 0 unspecified atom stereocenters. The molecule has 36 heavy (non-hydrogen) atoms. The van der Waals surface area contributed by atoms with Crippen molar-refractivity contribution in [3.05, 3.63) is 65.0 Å². The molecule has 2 aromatic carbocycles. The SMILES string of the molecule is CCOCc1nc2c(N)nc3cc(Cc4ccc(CC(N)=O)cc4)ccc3c2n1CCNS(C)(=O)=O. The summed E-state index contributed by atoms with van der Waals surface area (Å²) < 4.78 is 33.2. The molecule has 4 rings (SSSR count). The number of amides is 1. The number of benzene rings is 2. The number of nitrogens with two attached hydrogens (primary N) is 2. The highest BCUT2D eigenvalue weighted by molar-refractivity contribution is 7.88. The molecular formula is C25H30N6O4S. The van der Waals surface area contributed by atoms with E-state index >= 15 is 0 Å². The van der Waals surface area contributed by atoms with E-state index in [0.717, 1.165) is 39.4 Å². The molecule has 0 aliphatic heterocycles. The summed E-state index contributed by atoms with van der Waals surface area (Å²) in [5.41, 5.74) is 16.7. The number of fused-ring (bicyclic) bond motifs is 3. The highest BCUT2D eigenvalue weighted by Gasteiger charge is 2.18. The summed E-state index contributed by atoms with van der Waals surface area (Å²) in [6.45, 7) is 3.26. The van der Waals surface area contributed by atoms with Crippen LogP contribution in [0.3, 0.4) is 0 Å². The van der Waals surface area contributed by atoms with Gasteiger partial charge in [0.15, 0.2) is 5.82 Å². The van der Waals surface area contributed by atoms with Crippen molar-refractivity contribution >= 4 is 43.7 Å². The number of nitrogens with zero attached hydrogens (tertiary/aromatic N) is 3. The number of anilines is 1. The van der Waals surface area contributed by atoms with Gasteiger partial charge in [0.2, 0.25) is 15.9 Å². The van der Waals surface area contributed by atoms with Crippen LogP contribution in [-0.2, 0) is 45.5 Å². The molecule has 0 fully saturated rings. The second-order valence-corrected chi connectivity index (χ2v) is 10.5. The summed E-state index contributed by atoms with van der Waals surface area (Å²) in [6, 6.07) is 13.8. The summed E-state index contributed by atoms with van der Waals surface area (Å²) >= 11 is 0. The van der Waals surface area contributed by atoms with Gasteiger partial charge in [-0.05, 0) is 36.1 Å². The third kappa shape index (κ3) is 5.99. The highest BCUT2D eigenvalue weighted by Crippen LogP contribution is 2.30. The van der Waals surface area contributed by atoms with Gasteiger partial charge >= 0.3 is 0 Å². The number of carbonyl (C=O) groups is 1. The minimum Gasteiger partial charge on any atom is -0.382 e. The van der Waals surface area contributed by atoms with Gasteiger partial charge in [-0.3, -0.25) is 4.79 Å². The van der Waals surface area contributed by atoms with E-state index in [1.165, 1.54) is 0 Å². The van der Waals surface area contributed by atoms with Crippen molar-refractivity contribution < 1.29 is 17.9 Å². The minimum absolute atomic E-state index is 0.205. The van der Waals surface area contributed by atoms with Crippen LogP contribution in [0.15, 0.2) is 42.5 Å². The largest absolute Gasteiger partial charge is 0.382 e. The average Bonchev–Trinajstić information content (AvgIpc) is 3.17. The van der Waals surface area contributed by atoms with Crippen molar-refractivity contribution in [3.63, 3.8) is 0 Å². The molecule has 190 valence electrons. The zero-order valence-electron chi connectivity index (χ0n) is 20.3. The summed E-state index contributed by atoms with van der Waals surface area (Å²) in [5.74, 6) is 0.601. The van der Waals surface area contributed by atoms with E-state index in [1.807, 2.05) is 54.0 Å². The zero-order valence-corrected chi connectivity index (χ0v) is 21.1. The summed E-state index contributed by atoms with van der Waals surface area (Å²) in [4.78, 5) is 20.4. The molecule has 10 nitrogen and oxygen atoms in total. The molecular weight excluding hydrogens is 480 g/mol. The maximum atomic E-state index is 11.6. The molecule has 0 atom stereocenters. The van der Waals surface area contributed by atoms with Crippen molar-refractivity contribution in [1.29, 1.82) is 0 Å². The van der Waals surface area contributed by atoms with E-state index in [-0.39, 0.29) is 25.5 Å². The molecule has 0 bridgehead atoms. The van der Waals surface area contributed by atoms with Crippen LogP contribution in [-0.4, -0.2) is 48.3 Å². The van der Waals surface area contributed by atoms with Gasteiger partial charge in [0.25, 0.3) is 0 Å². The number of sulfonamides is 1. The fourth-order valence-electron chi connectivity index (χ4n) is 4.21. The van der Waals surface area contributed by atoms with E-state index in [1.54, 1.807) is 0 Å². The third-order valence-electron chi connectivity index (χ3n) is 5.79. The maximum Gasteiger partial charge on any atom is 0.221 e. The van der Waals surface area contributed by atoms with Crippen LogP contribution in [0.5, 0.6) is 0 Å². The Labute approximate surface area is 209 Å². The molecule has 0 saturated heterocycles. The molecule has 0 saturated carbocycles. The maximum absolute atomic E-state index is 11.6. The summed E-state index contributed by atoms with van der Waals surface area (Å²) in [6.07, 6.45) is 2.03. The van der Waals surface area contributed by atoms with E-state index < -0.39 is 10.0 Å². The van der Waals surface area contributed by atoms with Gasteiger partial charge in [-0.1, -0.05) is 36.4 Å². The number of hydrogen-bond donors (Lipinski definition) is 3. The number of carbonyl (C=O) groups excluding carboxylic acids is 1. The van der Waals surface area contributed by atoms with Gasteiger partial charge in [0.1, 0.15) is 17.9 Å². The first-order chi connectivity index (χ1) is 17.1. The van der Waals surface area contributed by atoms with Crippen molar-refractivity contribution in [2.24, 2.45) is 5.73 Å². The second-order valence-electron chi connectivity index (χ2n) is 8.67. The van der Waals surface area contributed by atoms with Crippen molar-refractivity contribution in [2.45, 2.75) is 32.9 Å². The Kier molecular flexibility index (Phi) is 7.53. The van der Waals surface area contributed by atoms with Crippen LogP contribution >= 0.6 is 0 Å². The quantitative estimate of drug-likeness (QED) is 0.278. The zero-order chi connectivity index (χ0) is 25.9. The Balaban J connectivity index is 1.71. The number of pyridine rings is 1. The van der Waals surface area contributed by atoms with Crippen LogP contribution in [0.4, 0.5) is 5.82 Å². The first-order valence-corrected chi connectivity index (χ1v) is 13.5. The molecule has 0 aliphatic carbocycles. The first-order valence-electron chi connectivity index (χ1n) is 11.6. The van der Waals surface area contributed by atoms with E-state index in [2.05, 4.69) is 14.7 Å². The monoisotopic (exact) mass is 510 g/mol. The lowest BCUT2D eigenvalue weighted by atomic mass is 10.0. The van der Waals surface area contributed by atoms with Crippen molar-refractivity contribution in [2.75, 3.05) is 25.1 Å². The fraction of sp³-hybridized carbons (Fsp3) is 0.320. The van der Waals surface area contributed by atoms with Gasteiger partial charge in [-0.25, -0.2) is 23.1 Å². The Hall–Kier alpha value is -3.54. The number of hydrogen-bond acceptors (Lipinski definition) is 7. The average molecular weight is 511 g/mol. The molecule has 4 aromatic rings. The van der Waals surface area contributed by atoms with E-state index in [9.17, 15) is 13.2 Å². The fourth-order valence-corrected chi connectivity index (χ4v) is 4.67. The van der Waals surface area contributed by atoms with Crippen LogP contribution in [0.25, 0.3) is 21.9 Å². The third-order valence-corrected chi connectivity index (χ3v) is 6.52. The number of nitrogens with one attached hydrogen (secondary N) is 1. The first kappa shape index (κ1) is 25.5. The van der Waals surface area contributed by atoms with E-state index in [0.29, 0.717) is 36.7 Å². The van der Waals surface area contributed by atoms with Crippen molar-refractivity contribution in [1.82, 2.24) is 19.3 Å². The van der Waals surface area contributed by atoms with E-state index in [4.69, 9.17) is 16.2 Å². The van der Waals surface area contributed by atoms with Crippen LogP contribution in [0.2, 0.25) is 0 Å². The molecule has 2 aromatic heterocycles. The second kappa shape index (κ2) is 10.6. The molecule has 5 N–H and O–H groups in total. The topological polar surface area (TPSA) is 155 Å². The van der Waals surface area contributed by atoms with Crippen LogP contribution in [0.1, 0.15) is 29.4 Å². The predicted molar refractivity (Wildman–Crippen MR) is 140 cm³/mol. The number of rotatable bonds is 11. The Bertz CT molecular complexity index is 1510. The lowest BCUT2D eigenvalue weighted by Crippen LogP contribution is -2.26. The molecule has 0 spiro atoms. The molecule has 0 aliphatic rings. The Morgan fingerprint density at radius 2 is 1.78 bits per heavy atom. The van der Waals surface area contributed by atoms with Crippen molar-refractivity contribution in [3.8, 4) is 0 Å². The Morgan fingerprint density at radius 3 is 2.44 bits per heavy atom. The molecule has 11 heteroatoms. The van der Waals surface area contributed by atoms with Gasteiger partial charge < -0.3 is 20.8 Å². The predicted octanol–water partition coefficient (Wildman–Crippen LogP) is 1.87.